The lowest BCUT2D eigenvalue weighted by atomic mass is 10.1. The Morgan fingerprint density at radius 2 is 2.41 bits per heavy atom. The van der Waals surface area contributed by atoms with Crippen molar-refractivity contribution in [3.63, 3.8) is 0 Å². The normalized spacial score (nSPS) is 24.7. The highest BCUT2D eigenvalue weighted by Gasteiger charge is 2.26. The molecule has 1 N–H and O–H groups in total. The van der Waals surface area contributed by atoms with Crippen molar-refractivity contribution < 1.29 is 4.74 Å². The standard InChI is InChI=1S/C13H22N2OS/c1-9(2)4-5-13-15-12(8-17-13)11-6-10(16-3)7-14-11/h8-11,14H,4-7H2,1-3H3. The van der Waals surface area contributed by atoms with Crippen LogP contribution in [0.15, 0.2) is 5.38 Å². The van der Waals surface area contributed by atoms with Crippen molar-refractivity contribution in [3.8, 4) is 0 Å². The zero-order valence-corrected chi connectivity index (χ0v) is 11.7. The van der Waals surface area contributed by atoms with Gasteiger partial charge in [0.2, 0.25) is 0 Å². The van der Waals surface area contributed by atoms with Crippen molar-refractivity contribution in [1.29, 1.82) is 0 Å². The second kappa shape index (κ2) is 5.94. The molecular formula is C13H22N2OS. The van der Waals surface area contributed by atoms with Crippen LogP contribution in [-0.4, -0.2) is 24.7 Å². The first-order chi connectivity index (χ1) is 8.19. The second-order valence-electron chi connectivity index (χ2n) is 5.15. The summed E-state index contributed by atoms with van der Waals surface area (Å²) >= 11 is 1.80. The zero-order chi connectivity index (χ0) is 12.3. The van der Waals surface area contributed by atoms with E-state index in [1.54, 1.807) is 18.4 Å². The molecule has 96 valence electrons. The fourth-order valence-corrected chi connectivity index (χ4v) is 2.99. The lowest BCUT2D eigenvalue weighted by Gasteiger charge is -2.06. The van der Waals surface area contributed by atoms with Crippen LogP contribution in [-0.2, 0) is 11.2 Å². The van der Waals surface area contributed by atoms with Crippen LogP contribution >= 0.6 is 11.3 Å². The van der Waals surface area contributed by atoms with Gasteiger partial charge < -0.3 is 10.1 Å². The van der Waals surface area contributed by atoms with Gasteiger partial charge in [0.25, 0.3) is 0 Å². The zero-order valence-electron chi connectivity index (χ0n) is 10.9. The molecule has 1 fully saturated rings. The molecule has 0 saturated carbocycles. The summed E-state index contributed by atoms with van der Waals surface area (Å²) in [5.41, 5.74) is 1.20. The van der Waals surface area contributed by atoms with Crippen LogP contribution in [0.4, 0.5) is 0 Å². The molecule has 1 saturated heterocycles. The highest BCUT2D eigenvalue weighted by molar-refractivity contribution is 7.09. The Morgan fingerprint density at radius 3 is 3.06 bits per heavy atom. The van der Waals surface area contributed by atoms with Gasteiger partial charge in [0, 0.05) is 19.0 Å². The van der Waals surface area contributed by atoms with Crippen molar-refractivity contribution in [2.75, 3.05) is 13.7 Å². The molecule has 0 radical (unpaired) electrons. The summed E-state index contributed by atoms with van der Waals surface area (Å²) in [4.78, 5) is 4.73. The lowest BCUT2D eigenvalue weighted by molar-refractivity contribution is 0.117. The second-order valence-corrected chi connectivity index (χ2v) is 6.10. The van der Waals surface area contributed by atoms with Crippen molar-refractivity contribution in [2.45, 2.75) is 45.3 Å². The predicted octanol–water partition coefficient (Wildman–Crippen LogP) is 2.78. The van der Waals surface area contributed by atoms with Gasteiger partial charge in [-0.25, -0.2) is 4.98 Å². The molecule has 0 aromatic carbocycles. The van der Waals surface area contributed by atoms with Gasteiger partial charge in [0.1, 0.15) is 0 Å². The summed E-state index contributed by atoms with van der Waals surface area (Å²) in [6.07, 6.45) is 3.74. The van der Waals surface area contributed by atoms with Crippen LogP contribution in [0.3, 0.4) is 0 Å². The molecule has 3 nitrogen and oxygen atoms in total. The summed E-state index contributed by atoms with van der Waals surface area (Å²) in [7, 11) is 1.78. The number of thiazole rings is 1. The van der Waals surface area contributed by atoms with Crippen molar-refractivity contribution >= 4 is 11.3 Å². The van der Waals surface area contributed by atoms with E-state index in [0.717, 1.165) is 25.3 Å². The highest BCUT2D eigenvalue weighted by atomic mass is 32.1. The number of nitrogens with zero attached hydrogens (tertiary/aromatic N) is 1. The van der Waals surface area contributed by atoms with E-state index in [-0.39, 0.29) is 0 Å². The van der Waals surface area contributed by atoms with Crippen LogP contribution in [0.25, 0.3) is 0 Å². The molecule has 1 aromatic rings. The topological polar surface area (TPSA) is 34.1 Å². The highest BCUT2D eigenvalue weighted by Crippen LogP contribution is 2.26. The van der Waals surface area contributed by atoms with Crippen LogP contribution in [0, 0.1) is 5.92 Å². The molecule has 2 atom stereocenters. The largest absolute Gasteiger partial charge is 0.380 e. The Hall–Kier alpha value is -0.450. The van der Waals surface area contributed by atoms with Gasteiger partial charge in [-0.05, 0) is 25.2 Å². The maximum absolute atomic E-state index is 5.36. The van der Waals surface area contributed by atoms with Gasteiger partial charge in [-0.2, -0.15) is 0 Å². The average Bonchev–Trinajstić information content (AvgIpc) is 2.94. The molecule has 2 unspecified atom stereocenters. The number of hydrogen-bond donors (Lipinski definition) is 1. The number of aryl methyl sites for hydroxylation is 1. The summed E-state index contributed by atoms with van der Waals surface area (Å²) in [5.74, 6) is 0.754. The number of aromatic nitrogens is 1. The maximum atomic E-state index is 5.36. The number of hydrogen-bond acceptors (Lipinski definition) is 4. The van der Waals surface area contributed by atoms with Crippen LogP contribution in [0.5, 0.6) is 0 Å². The lowest BCUT2D eigenvalue weighted by Crippen LogP contribution is -2.16. The fraction of sp³-hybridized carbons (Fsp3) is 0.769. The summed E-state index contributed by atoms with van der Waals surface area (Å²) in [5, 5.41) is 6.95. The third-order valence-electron chi connectivity index (χ3n) is 3.29. The Kier molecular flexibility index (Phi) is 4.54. The van der Waals surface area contributed by atoms with Gasteiger partial charge in [0.05, 0.1) is 22.8 Å². The first-order valence-corrected chi connectivity index (χ1v) is 7.27. The van der Waals surface area contributed by atoms with Crippen molar-refractivity contribution in [3.05, 3.63) is 16.1 Å². The average molecular weight is 254 g/mol. The molecule has 1 aliphatic rings. The van der Waals surface area contributed by atoms with E-state index in [4.69, 9.17) is 9.72 Å². The molecule has 2 rings (SSSR count). The number of rotatable bonds is 5. The molecule has 1 aromatic heterocycles. The van der Waals surface area contributed by atoms with Gasteiger partial charge in [-0.3, -0.25) is 0 Å². The van der Waals surface area contributed by atoms with E-state index < -0.39 is 0 Å². The molecule has 0 aliphatic carbocycles. The number of methoxy groups -OCH3 is 1. The van der Waals surface area contributed by atoms with Gasteiger partial charge in [-0.1, -0.05) is 13.8 Å². The van der Waals surface area contributed by atoms with Gasteiger partial charge in [-0.15, -0.1) is 11.3 Å². The first kappa shape index (κ1) is 13.0. The molecule has 17 heavy (non-hydrogen) atoms. The molecule has 0 amide bonds. The Morgan fingerprint density at radius 1 is 1.59 bits per heavy atom. The molecule has 4 heteroatoms. The van der Waals surface area contributed by atoms with Gasteiger partial charge >= 0.3 is 0 Å². The summed E-state index contributed by atoms with van der Waals surface area (Å²) in [6.45, 7) is 5.46. The minimum atomic E-state index is 0.348. The quantitative estimate of drug-likeness (QED) is 0.877. The van der Waals surface area contributed by atoms with E-state index in [9.17, 15) is 0 Å². The van der Waals surface area contributed by atoms with E-state index in [2.05, 4.69) is 24.5 Å². The Balaban J connectivity index is 1.90. The van der Waals surface area contributed by atoms with Crippen LogP contribution in [0.1, 0.15) is 43.4 Å². The van der Waals surface area contributed by atoms with Crippen molar-refractivity contribution in [1.82, 2.24) is 10.3 Å². The molecular weight excluding hydrogens is 232 g/mol. The SMILES string of the molecule is COC1CNC(c2csc(CCC(C)C)n2)C1. The molecule has 0 bridgehead atoms. The number of ether oxygens (including phenoxy) is 1. The Bertz CT molecular complexity index is 351. The van der Waals surface area contributed by atoms with Gasteiger partial charge in [0.15, 0.2) is 0 Å². The minimum absolute atomic E-state index is 0.348. The molecule has 0 spiro atoms. The minimum Gasteiger partial charge on any atom is -0.380 e. The number of nitrogens with one attached hydrogen (secondary N) is 1. The van der Waals surface area contributed by atoms with Crippen LogP contribution < -0.4 is 5.32 Å². The summed E-state index contributed by atoms with van der Waals surface area (Å²) < 4.78 is 5.36. The third-order valence-corrected chi connectivity index (χ3v) is 4.21. The fourth-order valence-electron chi connectivity index (χ4n) is 2.12. The van der Waals surface area contributed by atoms with Crippen LogP contribution in [0.2, 0.25) is 0 Å². The third kappa shape index (κ3) is 3.50. The first-order valence-electron chi connectivity index (χ1n) is 6.39. The van der Waals surface area contributed by atoms with E-state index in [1.165, 1.54) is 17.1 Å². The smallest absolute Gasteiger partial charge is 0.0929 e. The van der Waals surface area contributed by atoms with E-state index >= 15 is 0 Å². The molecule has 1 aliphatic heterocycles. The molecule has 2 heterocycles. The predicted molar refractivity (Wildman–Crippen MR) is 71.4 cm³/mol. The monoisotopic (exact) mass is 254 g/mol. The maximum Gasteiger partial charge on any atom is 0.0929 e. The van der Waals surface area contributed by atoms with Crippen molar-refractivity contribution in [2.24, 2.45) is 5.92 Å². The summed E-state index contributed by atoms with van der Waals surface area (Å²) in [6, 6.07) is 0.393. The van der Waals surface area contributed by atoms with E-state index in [0.29, 0.717) is 12.1 Å². The Labute approximate surface area is 108 Å². The van der Waals surface area contributed by atoms with E-state index in [1.807, 2.05) is 0 Å².